The van der Waals surface area contributed by atoms with Gasteiger partial charge < -0.3 is 10.4 Å². The summed E-state index contributed by atoms with van der Waals surface area (Å²) in [5.41, 5.74) is 0.229. The van der Waals surface area contributed by atoms with Crippen LogP contribution in [0.25, 0.3) is 0 Å². The Morgan fingerprint density at radius 3 is 2.71 bits per heavy atom. The van der Waals surface area contributed by atoms with Crippen molar-refractivity contribution in [2.75, 3.05) is 11.9 Å². The lowest BCUT2D eigenvalue weighted by Gasteiger charge is -2.24. The molecule has 0 amide bonds. The molecule has 0 fully saturated rings. The molecule has 0 radical (unpaired) electrons. The van der Waals surface area contributed by atoms with Crippen molar-refractivity contribution < 1.29 is 5.11 Å². The van der Waals surface area contributed by atoms with E-state index in [0.717, 1.165) is 24.4 Å². The van der Waals surface area contributed by atoms with Gasteiger partial charge in [0, 0.05) is 18.3 Å². The van der Waals surface area contributed by atoms with Crippen LogP contribution in [0.3, 0.4) is 0 Å². The largest absolute Gasteiger partial charge is 0.388 e. The number of hydrogen-bond donors (Lipinski definition) is 2. The number of aryl methyl sites for hydroxylation is 1. The van der Waals surface area contributed by atoms with Crippen molar-refractivity contribution in [2.24, 2.45) is 5.92 Å². The van der Waals surface area contributed by atoms with Crippen molar-refractivity contribution in [3.05, 3.63) is 18.1 Å². The molecule has 1 unspecified atom stereocenters. The zero-order chi connectivity index (χ0) is 12.9. The van der Waals surface area contributed by atoms with Crippen molar-refractivity contribution in [2.45, 2.75) is 46.1 Å². The van der Waals surface area contributed by atoms with Crippen LogP contribution in [-0.2, 0) is 0 Å². The maximum atomic E-state index is 10.2. The predicted octanol–water partition coefficient (Wildman–Crippen LogP) is 2.38. The molecular weight excluding hydrogens is 214 g/mol. The molecule has 4 nitrogen and oxygen atoms in total. The Labute approximate surface area is 103 Å². The lowest BCUT2D eigenvalue weighted by molar-refractivity contribution is 0.0585. The van der Waals surface area contributed by atoms with Crippen molar-refractivity contribution in [1.29, 1.82) is 0 Å². The Morgan fingerprint density at radius 1 is 1.41 bits per heavy atom. The van der Waals surface area contributed by atoms with Gasteiger partial charge in [0.1, 0.15) is 12.1 Å². The molecule has 1 aromatic rings. The Morgan fingerprint density at radius 2 is 2.12 bits per heavy atom. The van der Waals surface area contributed by atoms with E-state index in [2.05, 4.69) is 29.1 Å². The van der Waals surface area contributed by atoms with E-state index < -0.39 is 5.60 Å². The highest BCUT2D eigenvalue weighted by molar-refractivity contribution is 5.34. The van der Waals surface area contributed by atoms with E-state index in [-0.39, 0.29) is 0 Å². The Bertz CT molecular complexity index is 350. The molecular formula is C13H23N3O. The number of rotatable bonds is 6. The van der Waals surface area contributed by atoms with Gasteiger partial charge in [0.05, 0.1) is 5.60 Å². The first-order valence-electron chi connectivity index (χ1n) is 6.14. The topological polar surface area (TPSA) is 58.0 Å². The molecule has 1 rings (SSSR count). The van der Waals surface area contributed by atoms with E-state index in [4.69, 9.17) is 0 Å². The second kappa shape index (κ2) is 5.96. The standard InChI is InChI=1S/C13H23N3O/c1-10(2)5-6-13(4,17)8-14-12-7-11(3)15-9-16-12/h7,9-10,17H,5-6,8H2,1-4H3,(H,14,15,16). The van der Waals surface area contributed by atoms with Crippen LogP contribution in [0.4, 0.5) is 5.82 Å². The third-order valence-corrected chi connectivity index (χ3v) is 2.71. The van der Waals surface area contributed by atoms with Crippen molar-refractivity contribution in [3.8, 4) is 0 Å². The highest BCUT2D eigenvalue weighted by Crippen LogP contribution is 2.17. The van der Waals surface area contributed by atoms with Crippen LogP contribution in [0.2, 0.25) is 0 Å². The first-order valence-corrected chi connectivity index (χ1v) is 6.14. The molecule has 1 aromatic heterocycles. The monoisotopic (exact) mass is 237 g/mol. The van der Waals surface area contributed by atoms with Crippen LogP contribution in [0.5, 0.6) is 0 Å². The molecule has 17 heavy (non-hydrogen) atoms. The summed E-state index contributed by atoms with van der Waals surface area (Å²) in [6.07, 6.45) is 3.35. The third-order valence-electron chi connectivity index (χ3n) is 2.71. The minimum absolute atomic E-state index is 0.510. The Hall–Kier alpha value is -1.16. The lowest BCUT2D eigenvalue weighted by atomic mass is 9.95. The molecule has 0 aliphatic carbocycles. The smallest absolute Gasteiger partial charge is 0.129 e. The van der Waals surface area contributed by atoms with E-state index in [0.29, 0.717) is 12.5 Å². The molecule has 4 heteroatoms. The van der Waals surface area contributed by atoms with Crippen LogP contribution in [-0.4, -0.2) is 27.2 Å². The fourth-order valence-corrected chi connectivity index (χ4v) is 1.52. The van der Waals surface area contributed by atoms with Crippen LogP contribution in [0.1, 0.15) is 39.3 Å². The van der Waals surface area contributed by atoms with Gasteiger partial charge in [0.25, 0.3) is 0 Å². The summed E-state index contributed by atoms with van der Waals surface area (Å²) < 4.78 is 0. The Balaban J connectivity index is 2.43. The van der Waals surface area contributed by atoms with Gasteiger partial charge in [-0.2, -0.15) is 0 Å². The van der Waals surface area contributed by atoms with Crippen LogP contribution in [0.15, 0.2) is 12.4 Å². The summed E-state index contributed by atoms with van der Waals surface area (Å²) in [5.74, 6) is 1.38. The maximum absolute atomic E-state index is 10.2. The third kappa shape index (κ3) is 5.63. The molecule has 1 heterocycles. The molecule has 0 spiro atoms. The number of nitrogens with one attached hydrogen (secondary N) is 1. The summed E-state index contributed by atoms with van der Waals surface area (Å²) in [6.45, 7) is 8.62. The van der Waals surface area contributed by atoms with E-state index >= 15 is 0 Å². The van der Waals surface area contributed by atoms with Crippen molar-refractivity contribution >= 4 is 5.82 Å². The van der Waals surface area contributed by atoms with Crippen LogP contribution in [0, 0.1) is 12.8 Å². The lowest BCUT2D eigenvalue weighted by Crippen LogP contribution is -2.34. The van der Waals surface area contributed by atoms with Gasteiger partial charge in [-0.3, -0.25) is 0 Å². The van der Waals surface area contributed by atoms with E-state index in [1.807, 2.05) is 19.9 Å². The molecule has 0 saturated carbocycles. The molecule has 2 N–H and O–H groups in total. The average molecular weight is 237 g/mol. The van der Waals surface area contributed by atoms with Gasteiger partial charge in [-0.25, -0.2) is 9.97 Å². The number of aliphatic hydroxyl groups is 1. The molecule has 96 valence electrons. The van der Waals surface area contributed by atoms with Gasteiger partial charge in [0.15, 0.2) is 0 Å². The summed E-state index contributed by atoms with van der Waals surface area (Å²) in [4.78, 5) is 8.13. The maximum Gasteiger partial charge on any atom is 0.129 e. The first-order chi connectivity index (χ1) is 7.89. The summed E-state index contributed by atoms with van der Waals surface area (Å²) >= 11 is 0. The van der Waals surface area contributed by atoms with E-state index in [9.17, 15) is 5.11 Å². The number of aromatic nitrogens is 2. The zero-order valence-corrected chi connectivity index (χ0v) is 11.2. The van der Waals surface area contributed by atoms with Crippen LogP contribution < -0.4 is 5.32 Å². The van der Waals surface area contributed by atoms with Gasteiger partial charge in [-0.15, -0.1) is 0 Å². The molecule has 0 aliphatic rings. The minimum Gasteiger partial charge on any atom is -0.388 e. The molecule has 0 aliphatic heterocycles. The molecule has 0 saturated heterocycles. The Kier molecular flexibility index (Phi) is 4.87. The molecule has 1 atom stereocenters. The zero-order valence-electron chi connectivity index (χ0n) is 11.2. The first kappa shape index (κ1) is 13.9. The highest BCUT2D eigenvalue weighted by atomic mass is 16.3. The van der Waals surface area contributed by atoms with Gasteiger partial charge >= 0.3 is 0 Å². The second-order valence-electron chi connectivity index (χ2n) is 5.33. The van der Waals surface area contributed by atoms with Crippen molar-refractivity contribution in [1.82, 2.24) is 9.97 Å². The predicted molar refractivity (Wildman–Crippen MR) is 70.0 cm³/mol. The fourth-order valence-electron chi connectivity index (χ4n) is 1.52. The van der Waals surface area contributed by atoms with Gasteiger partial charge in [-0.05, 0) is 32.6 Å². The molecule has 0 bridgehead atoms. The quantitative estimate of drug-likeness (QED) is 0.797. The van der Waals surface area contributed by atoms with E-state index in [1.165, 1.54) is 6.33 Å². The summed E-state index contributed by atoms with van der Waals surface area (Å²) in [5, 5.41) is 13.3. The summed E-state index contributed by atoms with van der Waals surface area (Å²) in [6, 6.07) is 1.87. The number of hydrogen-bond acceptors (Lipinski definition) is 4. The van der Waals surface area contributed by atoms with Crippen LogP contribution >= 0.6 is 0 Å². The normalized spacial score (nSPS) is 14.7. The number of nitrogens with zero attached hydrogens (tertiary/aromatic N) is 2. The SMILES string of the molecule is Cc1cc(NCC(C)(O)CCC(C)C)ncn1. The molecule has 0 aromatic carbocycles. The summed E-state index contributed by atoms with van der Waals surface area (Å²) in [7, 11) is 0. The average Bonchev–Trinajstić information content (AvgIpc) is 2.24. The van der Waals surface area contributed by atoms with Gasteiger partial charge in [-0.1, -0.05) is 13.8 Å². The second-order valence-corrected chi connectivity index (χ2v) is 5.33. The minimum atomic E-state index is -0.691. The van der Waals surface area contributed by atoms with Crippen molar-refractivity contribution in [3.63, 3.8) is 0 Å². The van der Waals surface area contributed by atoms with Gasteiger partial charge in [0.2, 0.25) is 0 Å². The fraction of sp³-hybridized carbons (Fsp3) is 0.692. The van der Waals surface area contributed by atoms with E-state index in [1.54, 1.807) is 0 Å². The highest BCUT2D eigenvalue weighted by Gasteiger charge is 2.20. The number of anilines is 1.